The van der Waals surface area contributed by atoms with Crippen molar-refractivity contribution in [2.24, 2.45) is 30.5 Å². The molecule has 3 aliphatic rings. The van der Waals surface area contributed by atoms with Crippen molar-refractivity contribution in [1.29, 1.82) is 0 Å². The van der Waals surface area contributed by atoms with E-state index in [4.69, 9.17) is 15.5 Å². The van der Waals surface area contributed by atoms with Crippen LogP contribution in [-0.2, 0) is 13.6 Å². The molecule has 220 valence electrons. The van der Waals surface area contributed by atoms with Crippen LogP contribution < -0.4 is 10.5 Å². The predicted octanol–water partition coefficient (Wildman–Crippen LogP) is 5.79. The van der Waals surface area contributed by atoms with Crippen LogP contribution in [0.5, 0.6) is 11.5 Å². The number of aromatic nitrogens is 3. The molecule has 2 bridgehead atoms. The quantitative estimate of drug-likeness (QED) is 0.267. The van der Waals surface area contributed by atoms with Gasteiger partial charge in [-0.05, 0) is 61.3 Å². The molecule has 8 rings (SSSR count). The number of carbonyl (C=O) groups is 1. The summed E-state index contributed by atoms with van der Waals surface area (Å²) in [7, 11) is 3.66. The van der Waals surface area contributed by atoms with Gasteiger partial charge in [0.15, 0.2) is 5.82 Å². The first-order chi connectivity index (χ1) is 20.8. The van der Waals surface area contributed by atoms with Crippen molar-refractivity contribution in [3.63, 3.8) is 0 Å². The van der Waals surface area contributed by atoms with Gasteiger partial charge in [-0.15, -0.1) is 0 Å². The Labute approximate surface area is 250 Å². The number of fused-ring (bicyclic) bond motifs is 4. The SMILES string of the molecule is COc1cc(C(=O)N2C[C@H]3C[C@@H](C)[C@@H]2[C@@H]3N)cc2nc(-c3cc4cccc(-c5ccccc5O)c4n3CC3CC3)n(C)c12. The van der Waals surface area contributed by atoms with Gasteiger partial charge in [0.1, 0.15) is 17.0 Å². The van der Waals surface area contributed by atoms with Gasteiger partial charge in [-0.2, -0.15) is 0 Å². The highest BCUT2D eigenvalue weighted by Gasteiger charge is 2.51. The third-order valence-corrected chi connectivity index (χ3v) is 10.1. The van der Waals surface area contributed by atoms with E-state index in [2.05, 4.69) is 34.3 Å². The zero-order valence-corrected chi connectivity index (χ0v) is 24.8. The number of aryl methyl sites for hydroxylation is 1. The maximum absolute atomic E-state index is 13.9. The Kier molecular flexibility index (Phi) is 5.88. The number of phenolic OH excluding ortho intramolecular Hbond substituents is 1. The third kappa shape index (κ3) is 3.99. The van der Waals surface area contributed by atoms with Crippen molar-refractivity contribution in [1.82, 2.24) is 19.0 Å². The summed E-state index contributed by atoms with van der Waals surface area (Å²) in [4.78, 5) is 21.0. The zero-order chi connectivity index (χ0) is 29.6. The van der Waals surface area contributed by atoms with Crippen LogP contribution in [0.3, 0.4) is 0 Å². The van der Waals surface area contributed by atoms with Crippen LogP contribution in [-0.4, -0.2) is 55.8 Å². The summed E-state index contributed by atoms with van der Waals surface area (Å²) in [5, 5.41) is 11.9. The molecule has 3 N–H and O–H groups in total. The fraction of sp³-hybridized carbons (Fsp3) is 0.371. The number of nitrogens with zero attached hydrogens (tertiary/aromatic N) is 4. The molecule has 5 aromatic rings. The summed E-state index contributed by atoms with van der Waals surface area (Å²) in [6.07, 6.45) is 3.50. The van der Waals surface area contributed by atoms with E-state index in [9.17, 15) is 9.90 Å². The summed E-state index contributed by atoms with van der Waals surface area (Å²) >= 11 is 0. The van der Waals surface area contributed by atoms with Gasteiger partial charge < -0.3 is 29.6 Å². The second kappa shape index (κ2) is 9.61. The van der Waals surface area contributed by atoms with E-state index in [-0.39, 0.29) is 23.7 Å². The first-order valence-electron chi connectivity index (χ1n) is 15.4. The number of nitrogens with two attached hydrogens (primary N) is 1. The number of likely N-dealkylation sites (tertiary alicyclic amines) is 1. The van der Waals surface area contributed by atoms with Gasteiger partial charge in [-0.3, -0.25) is 4.79 Å². The molecule has 0 radical (unpaired) electrons. The molecule has 2 saturated carbocycles. The maximum Gasteiger partial charge on any atom is 0.254 e. The van der Waals surface area contributed by atoms with Gasteiger partial charge in [-0.1, -0.05) is 43.3 Å². The van der Waals surface area contributed by atoms with Crippen LogP contribution in [0.1, 0.15) is 36.5 Å². The summed E-state index contributed by atoms with van der Waals surface area (Å²) < 4.78 is 10.3. The number of imidazole rings is 1. The van der Waals surface area contributed by atoms with Crippen molar-refractivity contribution in [3.8, 4) is 34.1 Å². The Hall–Kier alpha value is -4.30. The van der Waals surface area contributed by atoms with Crippen molar-refractivity contribution in [2.45, 2.75) is 44.8 Å². The van der Waals surface area contributed by atoms with Crippen LogP contribution in [0.15, 0.2) is 60.7 Å². The van der Waals surface area contributed by atoms with E-state index >= 15 is 0 Å². The van der Waals surface area contributed by atoms with Crippen molar-refractivity contribution in [3.05, 3.63) is 66.2 Å². The Morgan fingerprint density at radius 2 is 1.86 bits per heavy atom. The molecule has 2 aromatic heterocycles. The number of methoxy groups -OCH3 is 1. The van der Waals surface area contributed by atoms with E-state index in [1.54, 1.807) is 13.2 Å². The molecule has 1 saturated heterocycles. The van der Waals surface area contributed by atoms with Crippen LogP contribution in [0, 0.1) is 17.8 Å². The smallest absolute Gasteiger partial charge is 0.254 e. The maximum atomic E-state index is 13.9. The largest absolute Gasteiger partial charge is 0.507 e. The number of benzene rings is 3. The molecule has 3 fully saturated rings. The Bertz CT molecular complexity index is 1920. The van der Waals surface area contributed by atoms with Gasteiger partial charge >= 0.3 is 0 Å². The number of amides is 1. The average molecular weight is 576 g/mol. The Balaban J connectivity index is 1.28. The molecule has 0 spiro atoms. The molecule has 3 heterocycles. The van der Waals surface area contributed by atoms with Crippen LogP contribution >= 0.6 is 0 Å². The lowest BCUT2D eigenvalue weighted by Crippen LogP contribution is -2.45. The van der Waals surface area contributed by atoms with Crippen LogP contribution in [0.4, 0.5) is 0 Å². The number of ether oxygens (including phenoxy) is 1. The molecular weight excluding hydrogens is 538 g/mol. The van der Waals surface area contributed by atoms with E-state index < -0.39 is 0 Å². The molecule has 2 aliphatic carbocycles. The molecule has 1 aliphatic heterocycles. The normalized spacial score (nSPS) is 23.1. The molecule has 8 nitrogen and oxygen atoms in total. The summed E-state index contributed by atoms with van der Waals surface area (Å²) in [5.74, 6) is 3.09. The number of para-hydroxylation sites is 2. The van der Waals surface area contributed by atoms with E-state index in [0.29, 0.717) is 35.6 Å². The highest BCUT2D eigenvalue weighted by molar-refractivity contribution is 6.02. The lowest BCUT2D eigenvalue weighted by atomic mass is 9.99. The molecule has 8 heteroatoms. The number of hydrogen-bond donors (Lipinski definition) is 2. The van der Waals surface area contributed by atoms with E-state index in [0.717, 1.165) is 57.5 Å². The summed E-state index contributed by atoms with van der Waals surface area (Å²) in [6.45, 7) is 3.79. The topological polar surface area (TPSA) is 98.5 Å². The minimum atomic E-state index is -0.00272. The number of piperidine rings is 1. The molecule has 4 atom stereocenters. The fourth-order valence-electron chi connectivity index (χ4n) is 7.90. The van der Waals surface area contributed by atoms with Crippen molar-refractivity contribution >= 4 is 27.8 Å². The lowest BCUT2D eigenvalue weighted by molar-refractivity contribution is 0.0649. The fourth-order valence-corrected chi connectivity index (χ4v) is 7.90. The van der Waals surface area contributed by atoms with Gasteiger partial charge in [0.2, 0.25) is 0 Å². The first-order valence-corrected chi connectivity index (χ1v) is 15.4. The summed E-state index contributed by atoms with van der Waals surface area (Å²) in [5.41, 5.74) is 12.6. The minimum Gasteiger partial charge on any atom is -0.507 e. The Morgan fingerprint density at radius 1 is 1.07 bits per heavy atom. The zero-order valence-electron chi connectivity index (χ0n) is 24.8. The van der Waals surface area contributed by atoms with Crippen molar-refractivity contribution in [2.75, 3.05) is 13.7 Å². The van der Waals surface area contributed by atoms with E-state index in [1.165, 1.54) is 12.8 Å². The van der Waals surface area contributed by atoms with Crippen molar-refractivity contribution < 1.29 is 14.6 Å². The number of hydrogen-bond acceptors (Lipinski definition) is 5. The van der Waals surface area contributed by atoms with Crippen LogP contribution in [0.25, 0.3) is 44.6 Å². The highest BCUT2D eigenvalue weighted by Crippen LogP contribution is 2.44. The van der Waals surface area contributed by atoms with Gasteiger partial charge in [-0.25, -0.2) is 4.98 Å². The third-order valence-electron chi connectivity index (χ3n) is 10.1. The molecule has 43 heavy (non-hydrogen) atoms. The van der Waals surface area contributed by atoms with Gasteiger partial charge in [0.25, 0.3) is 5.91 Å². The number of phenols is 1. The predicted molar refractivity (Wildman–Crippen MR) is 168 cm³/mol. The van der Waals surface area contributed by atoms with Gasteiger partial charge in [0, 0.05) is 54.3 Å². The molecule has 3 aromatic carbocycles. The molecule has 1 amide bonds. The monoisotopic (exact) mass is 575 g/mol. The second-order valence-electron chi connectivity index (χ2n) is 12.9. The minimum absolute atomic E-state index is 0.00272. The van der Waals surface area contributed by atoms with Crippen LogP contribution in [0.2, 0.25) is 0 Å². The standard InChI is InChI=1S/C35H37N5O3/c1-19-13-23-18-40(31(19)30(23)36)35(42)22-14-26-33(29(16-22)43-3)38(2)34(37-26)27-15-21-7-6-9-25(24-8-4-5-10-28(24)41)32(21)39(27)17-20-11-12-20/h4-10,14-16,19-20,23,30-31,41H,11-13,17-18,36H2,1-3H3/t19-,23-,30-,31-/m1/s1. The lowest BCUT2D eigenvalue weighted by Gasteiger charge is -2.31. The number of aromatic hydroxyl groups is 1. The summed E-state index contributed by atoms with van der Waals surface area (Å²) in [6, 6.07) is 19.9. The number of rotatable bonds is 6. The van der Waals surface area contributed by atoms with E-state index in [1.807, 2.05) is 48.3 Å². The van der Waals surface area contributed by atoms with Gasteiger partial charge in [0.05, 0.1) is 23.8 Å². The molecular formula is C35H37N5O3. The Morgan fingerprint density at radius 3 is 2.58 bits per heavy atom. The molecule has 0 unspecified atom stereocenters. The second-order valence-corrected chi connectivity index (χ2v) is 12.9. The number of carbonyl (C=O) groups excluding carboxylic acids is 1. The average Bonchev–Trinajstić information content (AvgIpc) is 3.44. The first kappa shape index (κ1) is 26.3. The highest BCUT2D eigenvalue weighted by atomic mass is 16.5.